The average molecular weight is 584 g/mol. The molecule has 0 aliphatic heterocycles. The minimum Gasteiger partial charge on any atom is -0.491 e. The van der Waals surface area contributed by atoms with Crippen LogP contribution in [0.25, 0.3) is 0 Å². The van der Waals surface area contributed by atoms with E-state index < -0.39 is 0 Å². The topological polar surface area (TPSA) is 89.1 Å². The monoisotopic (exact) mass is 583 g/mol. The number of ether oxygens (including phenoxy) is 3. The molecule has 2 amide bonds. The number of carbonyl (C=O) groups excluding carboxylic acids is 2. The van der Waals surface area contributed by atoms with Crippen LogP contribution in [-0.2, 0) is 25.5 Å². The molecular formula is C34H53N3O5. The first-order valence-corrected chi connectivity index (χ1v) is 16.5. The van der Waals surface area contributed by atoms with Crippen LogP contribution in [0, 0.1) is 29.1 Å². The Labute approximate surface area is 252 Å². The Morgan fingerprint density at radius 3 is 2.48 bits per heavy atom. The van der Waals surface area contributed by atoms with Gasteiger partial charge in [-0.3, -0.25) is 14.5 Å². The summed E-state index contributed by atoms with van der Waals surface area (Å²) in [5.74, 6) is 4.72. The van der Waals surface area contributed by atoms with Crippen molar-refractivity contribution in [3.63, 3.8) is 0 Å². The van der Waals surface area contributed by atoms with Crippen LogP contribution in [0.4, 0.5) is 0 Å². The fourth-order valence-electron chi connectivity index (χ4n) is 8.32. The standard InChI is InChI=1S/C34H53N3O5/c1-24(2)33(39)36-13-15-37(14-12-35-25(3)38)16-17-40-18-19-41-20-21-42-28-6-8-29-26(22-28)4-7-31-30(29)10-11-34-23-27(34)5-9-32(31)34/h6,8,22,24,27,30-32H,4-5,7,9-21,23H2,1-3H3,(H,35,38)(H,36,39)/t27?,30-,31?,32+,34?/m1/s1. The van der Waals surface area contributed by atoms with Gasteiger partial charge >= 0.3 is 0 Å². The summed E-state index contributed by atoms with van der Waals surface area (Å²) < 4.78 is 17.6. The molecule has 1 aromatic carbocycles. The zero-order valence-electron chi connectivity index (χ0n) is 26.1. The second-order valence-electron chi connectivity index (χ2n) is 13.4. The molecule has 3 unspecified atom stereocenters. The normalized spacial score (nSPS) is 27.2. The van der Waals surface area contributed by atoms with Crippen molar-refractivity contribution < 1.29 is 23.8 Å². The Balaban J connectivity index is 0.938. The van der Waals surface area contributed by atoms with Crippen molar-refractivity contribution in [3.8, 4) is 5.75 Å². The summed E-state index contributed by atoms with van der Waals surface area (Å²) >= 11 is 0. The van der Waals surface area contributed by atoms with Gasteiger partial charge in [0.2, 0.25) is 11.8 Å². The zero-order chi connectivity index (χ0) is 29.5. The molecule has 4 aliphatic carbocycles. The maximum Gasteiger partial charge on any atom is 0.222 e. The molecule has 0 heterocycles. The quantitative estimate of drug-likeness (QED) is 0.268. The lowest BCUT2D eigenvalue weighted by Crippen LogP contribution is -2.41. The second-order valence-corrected chi connectivity index (χ2v) is 13.4. The lowest BCUT2D eigenvalue weighted by molar-refractivity contribution is -0.124. The Kier molecular flexibility index (Phi) is 10.8. The van der Waals surface area contributed by atoms with Crippen molar-refractivity contribution in [1.82, 2.24) is 15.5 Å². The number of benzene rings is 1. The predicted molar refractivity (Wildman–Crippen MR) is 164 cm³/mol. The maximum atomic E-state index is 11.8. The fraction of sp³-hybridized carbons (Fsp3) is 0.765. The summed E-state index contributed by atoms with van der Waals surface area (Å²) in [6.45, 7) is 11.3. The van der Waals surface area contributed by atoms with E-state index in [1.54, 1.807) is 5.56 Å². The van der Waals surface area contributed by atoms with Crippen molar-refractivity contribution in [2.45, 2.75) is 71.6 Å². The molecule has 8 heteroatoms. The molecule has 234 valence electrons. The number of aryl methyl sites for hydroxylation is 1. The smallest absolute Gasteiger partial charge is 0.222 e. The first kappa shape index (κ1) is 31.3. The molecule has 1 aromatic rings. The van der Waals surface area contributed by atoms with E-state index in [1.807, 2.05) is 13.8 Å². The van der Waals surface area contributed by atoms with Crippen molar-refractivity contribution in [3.05, 3.63) is 29.3 Å². The van der Waals surface area contributed by atoms with E-state index in [1.165, 1.54) is 57.4 Å². The molecule has 1 spiro atoms. The molecule has 4 aliphatic rings. The van der Waals surface area contributed by atoms with Gasteiger partial charge in [-0.1, -0.05) is 19.9 Å². The van der Waals surface area contributed by atoms with E-state index in [2.05, 4.69) is 33.7 Å². The van der Waals surface area contributed by atoms with Crippen LogP contribution in [0.3, 0.4) is 0 Å². The number of hydrogen-bond donors (Lipinski definition) is 2. The third kappa shape index (κ3) is 7.67. The summed E-state index contributed by atoms with van der Waals surface area (Å²) in [6.07, 6.45) is 9.97. The summed E-state index contributed by atoms with van der Waals surface area (Å²) in [6, 6.07) is 6.83. The summed E-state index contributed by atoms with van der Waals surface area (Å²) in [5, 5.41) is 5.78. The first-order valence-electron chi connectivity index (χ1n) is 16.5. The largest absolute Gasteiger partial charge is 0.491 e. The van der Waals surface area contributed by atoms with E-state index in [0.717, 1.165) is 41.4 Å². The van der Waals surface area contributed by atoms with Crippen LogP contribution >= 0.6 is 0 Å². The van der Waals surface area contributed by atoms with Gasteiger partial charge in [-0.15, -0.1) is 0 Å². The van der Waals surface area contributed by atoms with Gasteiger partial charge in [-0.2, -0.15) is 0 Å². The van der Waals surface area contributed by atoms with Gasteiger partial charge in [0.1, 0.15) is 12.4 Å². The Morgan fingerprint density at radius 2 is 1.71 bits per heavy atom. The van der Waals surface area contributed by atoms with E-state index in [4.69, 9.17) is 14.2 Å². The highest BCUT2D eigenvalue weighted by Gasteiger charge is 2.66. The van der Waals surface area contributed by atoms with E-state index in [0.29, 0.717) is 59.2 Å². The van der Waals surface area contributed by atoms with E-state index in [-0.39, 0.29) is 17.7 Å². The first-order chi connectivity index (χ1) is 20.4. The van der Waals surface area contributed by atoms with Crippen LogP contribution in [0.15, 0.2) is 18.2 Å². The number of carbonyl (C=O) groups is 2. The molecule has 3 fully saturated rings. The second kappa shape index (κ2) is 14.5. The highest BCUT2D eigenvalue weighted by molar-refractivity contribution is 5.77. The third-order valence-electron chi connectivity index (χ3n) is 10.5. The number of nitrogens with zero attached hydrogens (tertiary/aromatic N) is 1. The van der Waals surface area contributed by atoms with Crippen molar-refractivity contribution in [2.75, 3.05) is 65.8 Å². The summed E-state index contributed by atoms with van der Waals surface area (Å²) in [5.41, 5.74) is 3.90. The molecule has 2 N–H and O–H groups in total. The molecule has 5 rings (SSSR count). The van der Waals surface area contributed by atoms with Gasteiger partial charge in [-0.25, -0.2) is 0 Å². The van der Waals surface area contributed by atoms with Crippen LogP contribution in [0.1, 0.15) is 76.3 Å². The van der Waals surface area contributed by atoms with Gasteiger partial charge in [0, 0.05) is 45.6 Å². The number of nitrogens with one attached hydrogen (secondary N) is 2. The van der Waals surface area contributed by atoms with Crippen LogP contribution in [-0.4, -0.2) is 82.5 Å². The molecule has 0 saturated heterocycles. The summed E-state index contributed by atoms with van der Waals surface area (Å²) in [4.78, 5) is 25.2. The highest BCUT2D eigenvalue weighted by atomic mass is 16.5. The molecule has 3 saturated carbocycles. The highest BCUT2D eigenvalue weighted by Crippen LogP contribution is 2.75. The number of fused-ring (bicyclic) bond motifs is 4. The summed E-state index contributed by atoms with van der Waals surface area (Å²) in [7, 11) is 0. The molecule has 8 nitrogen and oxygen atoms in total. The Hall–Kier alpha value is -2.16. The molecular weight excluding hydrogens is 530 g/mol. The lowest BCUT2D eigenvalue weighted by atomic mass is 9.59. The molecule has 5 atom stereocenters. The predicted octanol–water partition coefficient (Wildman–Crippen LogP) is 4.17. The van der Waals surface area contributed by atoms with Crippen molar-refractivity contribution >= 4 is 11.8 Å². The zero-order valence-corrected chi connectivity index (χ0v) is 26.1. The van der Waals surface area contributed by atoms with Crippen LogP contribution < -0.4 is 15.4 Å². The van der Waals surface area contributed by atoms with Gasteiger partial charge in [0.25, 0.3) is 0 Å². The molecule has 42 heavy (non-hydrogen) atoms. The molecule has 0 aromatic heterocycles. The Bertz CT molecular complexity index is 1060. The third-order valence-corrected chi connectivity index (χ3v) is 10.5. The Morgan fingerprint density at radius 1 is 0.952 bits per heavy atom. The molecule has 0 radical (unpaired) electrons. The minimum atomic E-state index is -0.0395. The maximum absolute atomic E-state index is 11.8. The van der Waals surface area contributed by atoms with Gasteiger partial charge in [0.05, 0.1) is 26.4 Å². The number of amides is 2. The van der Waals surface area contributed by atoms with Crippen molar-refractivity contribution in [1.29, 1.82) is 0 Å². The van der Waals surface area contributed by atoms with Gasteiger partial charge in [-0.05, 0) is 97.3 Å². The van der Waals surface area contributed by atoms with Crippen molar-refractivity contribution in [2.24, 2.45) is 29.1 Å². The van der Waals surface area contributed by atoms with Crippen LogP contribution in [0.2, 0.25) is 0 Å². The molecule has 0 bridgehead atoms. The number of rotatable bonds is 17. The van der Waals surface area contributed by atoms with E-state index >= 15 is 0 Å². The van der Waals surface area contributed by atoms with Gasteiger partial charge < -0.3 is 24.8 Å². The van der Waals surface area contributed by atoms with Gasteiger partial charge in [0.15, 0.2) is 0 Å². The minimum absolute atomic E-state index is 0.0289. The number of hydrogen-bond acceptors (Lipinski definition) is 6. The van der Waals surface area contributed by atoms with E-state index in [9.17, 15) is 9.59 Å². The SMILES string of the molecule is CC(=O)NCCN(CCNC(=O)C(C)C)CCOCCOCCOc1ccc2c(c1)CCC1[C@@H]2CCC23CC2CC[C@@H]13. The van der Waals surface area contributed by atoms with Crippen LogP contribution in [0.5, 0.6) is 5.75 Å². The average Bonchev–Trinajstić information content (AvgIpc) is 3.54. The lowest BCUT2D eigenvalue weighted by Gasteiger charge is -2.46. The fourth-order valence-corrected chi connectivity index (χ4v) is 8.32.